The van der Waals surface area contributed by atoms with Crippen molar-refractivity contribution in [2.24, 2.45) is 0 Å². The van der Waals surface area contributed by atoms with Crippen LogP contribution in [-0.4, -0.2) is 0 Å². The smallest absolute Gasteiger partial charge is 0.138 e. The first-order chi connectivity index (χ1) is 25.7. The predicted molar refractivity (Wildman–Crippen MR) is 219 cm³/mol. The zero-order chi connectivity index (χ0) is 34.6. The van der Waals surface area contributed by atoms with Crippen LogP contribution in [0.3, 0.4) is 0 Å². The first-order valence-electron chi connectivity index (χ1n) is 18.5. The second-order valence-corrected chi connectivity index (χ2v) is 14.5. The molecular formula is C51H38O. The summed E-state index contributed by atoms with van der Waals surface area (Å²) in [6, 6.07) is 55.2. The van der Waals surface area contributed by atoms with Gasteiger partial charge in [-0.2, -0.15) is 0 Å². The standard InChI is InChI=1S/C51H38O/c1-51(37-17-6-3-7-18-37)31-29-34(30-32-51)36-27-28-43-46(33-36)49(45-25-14-24-44-39-20-12-13-26-47(39)52-50(44)45)42-23-11-10-22-41(42)48(43)40-21-9-8-19-38(40)35-15-4-2-5-16-35/h2-13,15-23,25-31,33H,14,24,32H2,1H3. The molecule has 248 valence electrons. The van der Waals surface area contributed by atoms with Crippen LogP contribution in [0.5, 0.6) is 0 Å². The van der Waals surface area contributed by atoms with Gasteiger partial charge in [-0.1, -0.05) is 171 Å². The first kappa shape index (κ1) is 30.6. The molecule has 0 spiro atoms. The molecule has 0 saturated carbocycles. The zero-order valence-electron chi connectivity index (χ0n) is 29.3. The van der Waals surface area contributed by atoms with E-state index < -0.39 is 0 Å². The molecule has 0 aliphatic heterocycles. The van der Waals surface area contributed by atoms with Gasteiger partial charge >= 0.3 is 0 Å². The number of benzene rings is 7. The van der Waals surface area contributed by atoms with E-state index in [-0.39, 0.29) is 5.41 Å². The number of para-hydroxylation sites is 1. The van der Waals surface area contributed by atoms with Crippen molar-refractivity contribution in [1.82, 2.24) is 0 Å². The van der Waals surface area contributed by atoms with Crippen LogP contribution >= 0.6 is 0 Å². The Hall–Kier alpha value is -6.18. The molecule has 2 aliphatic carbocycles. The van der Waals surface area contributed by atoms with Gasteiger partial charge in [0.25, 0.3) is 0 Å². The normalized spacial score (nSPS) is 16.9. The predicted octanol–water partition coefficient (Wildman–Crippen LogP) is 13.8. The van der Waals surface area contributed by atoms with Crippen molar-refractivity contribution in [1.29, 1.82) is 0 Å². The van der Waals surface area contributed by atoms with Crippen molar-refractivity contribution < 1.29 is 4.42 Å². The molecule has 2 aliphatic rings. The van der Waals surface area contributed by atoms with Gasteiger partial charge in [-0.15, -0.1) is 0 Å². The Morgan fingerprint density at radius 1 is 0.538 bits per heavy atom. The van der Waals surface area contributed by atoms with E-state index in [4.69, 9.17) is 4.42 Å². The third-order valence-corrected chi connectivity index (χ3v) is 11.4. The molecule has 1 atom stereocenters. The average Bonchev–Trinajstić information content (AvgIpc) is 3.60. The second-order valence-electron chi connectivity index (χ2n) is 14.5. The van der Waals surface area contributed by atoms with Gasteiger partial charge in [-0.25, -0.2) is 0 Å². The highest BCUT2D eigenvalue weighted by atomic mass is 16.3. The largest absolute Gasteiger partial charge is 0.456 e. The number of furan rings is 1. The molecule has 0 radical (unpaired) electrons. The lowest BCUT2D eigenvalue weighted by atomic mass is 9.75. The van der Waals surface area contributed by atoms with Crippen molar-refractivity contribution >= 4 is 43.7 Å². The molecule has 7 aromatic carbocycles. The van der Waals surface area contributed by atoms with Gasteiger partial charge in [-0.3, -0.25) is 0 Å². The number of rotatable bonds is 5. The van der Waals surface area contributed by atoms with Crippen molar-refractivity contribution in [2.75, 3.05) is 0 Å². The fourth-order valence-corrected chi connectivity index (χ4v) is 8.72. The van der Waals surface area contributed by atoms with Crippen LogP contribution in [0.25, 0.3) is 65.9 Å². The van der Waals surface area contributed by atoms with Crippen LogP contribution in [0.15, 0.2) is 180 Å². The molecule has 52 heavy (non-hydrogen) atoms. The highest BCUT2D eigenvalue weighted by molar-refractivity contribution is 6.21. The third kappa shape index (κ3) is 4.92. The van der Waals surface area contributed by atoms with E-state index in [0.717, 1.165) is 30.6 Å². The summed E-state index contributed by atoms with van der Waals surface area (Å²) in [5.74, 6) is 1.01. The molecule has 0 N–H and O–H groups in total. The number of allylic oxidation sites excluding steroid dienone is 5. The molecule has 1 nitrogen and oxygen atoms in total. The molecule has 10 rings (SSSR count). The van der Waals surface area contributed by atoms with Crippen LogP contribution in [0.2, 0.25) is 0 Å². The molecule has 0 fully saturated rings. The Morgan fingerprint density at radius 3 is 1.96 bits per heavy atom. The molecule has 0 amide bonds. The Balaban J connectivity index is 1.24. The number of aryl methyl sites for hydroxylation is 1. The van der Waals surface area contributed by atoms with Gasteiger partial charge in [-0.05, 0) is 91.9 Å². The molecule has 1 heterocycles. The van der Waals surface area contributed by atoms with Gasteiger partial charge in [0.2, 0.25) is 0 Å². The van der Waals surface area contributed by atoms with Crippen LogP contribution in [0, 0.1) is 0 Å². The Morgan fingerprint density at radius 2 is 1.19 bits per heavy atom. The summed E-state index contributed by atoms with van der Waals surface area (Å²) >= 11 is 0. The number of hydrogen-bond acceptors (Lipinski definition) is 1. The molecule has 0 saturated heterocycles. The molecule has 1 heteroatoms. The fourth-order valence-electron chi connectivity index (χ4n) is 8.72. The Bertz CT molecular complexity index is 2760. The van der Waals surface area contributed by atoms with Crippen LogP contribution < -0.4 is 0 Å². The van der Waals surface area contributed by atoms with Crippen molar-refractivity contribution in [3.63, 3.8) is 0 Å². The first-order valence-corrected chi connectivity index (χ1v) is 18.5. The van der Waals surface area contributed by atoms with E-state index in [9.17, 15) is 0 Å². The summed E-state index contributed by atoms with van der Waals surface area (Å²) in [6.45, 7) is 2.34. The third-order valence-electron chi connectivity index (χ3n) is 11.4. The average molecular weight is 667 g/mol. The van der Waals surface area contributed by atoms with Gasteiger partial charge in [0.15, 0.2) is 0 Å². The molecule has 0 bridgehead atoms. The maximum absolute atomic E-state index is 6.77. The van der Waals surface area contributed by atoms with Gasteiger partial charge in [0, 0.05) is 27.5 Å². The van der Waals surface area contributed by atoms with Crippen molar-refractivity contribution in [3.05, 3.63) is 204 Å². The second kappa shape index (κ2) is 12.2. The minimum Gasteiger partial charge on any atom is -0.456 e. The van der Waals surface area contributed by atoms with E-state index in [2.05, 4.69) is 183 Å². The lowest BCUT2D eigenvalue weighted by Gasteiger charge is -2.29. The highest BCUT2D eigenvalue weighted by Crippen LogP contribution is 2.49. The quantitative estimate of drug-likeness (QED) is 0.167. The van der Waals surface area contributed by atoms with Crippen LogP contribution in [0.4, 0.5) is 0 Å². The van der Waals surface area contributed by atoms with E-state index in [1.54, 1.807) is 0 Å². The van der Waals surface area contributed by atoms with E-state index >= 15 is 0 Å². The van der Waals surface area contributed by atoms with Crippen molar-refractivity contribution in [2.45, 2.75) is 31.6 Å². The lowest BCUT2D eigenvalue weighted by Crippen LogP contribution is -2.19. The Kier molecular flexibility index (Phi) is 7.22. The van der Waals surface area contributed by atoms with E-state index in [1.807, 2.05) is 0 Å². The molecule has 1 aromatic heterocycles. The maximum atomic E-state index is 6.77. The Labute approximate surface area is 304 Å². The summed E-state index contributed by atoms with van der Waals surface area (Å²) in [4.78, 5) is 0. The van der Waals surface area contributed by atoms with E-state index in [1.165, 1.54) is 82.6 Å². The minimum absolute atomic E-state index is 0.0259. The monoisotopic (exact) mass is 666 g/mol. The van der Waals surface area contributed by atoms with Gasteiger partial charge in [0.1, 0.15) is 11.3 Å². The highest BCUT2D eigenvalue weighted by Gasteiger charge is 2.28. The molecule has 1 unspecified atom stereocenters. The van der Waals surface area contributed by atoms with Gasteiger partial charge < -0.3 is 4.42 Å². The molecular weight excluding hydrogens is 629 g/mol. The summed E-state index contributed by atoms with van der Waals surface area (Å²) < 4.78 is 6.77. The molecule has 8 aromatic rings. The minimum atomic E-state index is -0.0259. The van der Waals surface area contributed by atoms with Crippen LogP contribution in [-0.2, 0) is 11.8 Å². The van der Waals surface area contributed by atoms with Crippen LogP contribution in [0.1, 0.15) is 47.8 Å². The lowest BCUT2D eigenvalue weighted by molar-refractivity contribution is 0.591. The summed E-state index contributed by atoms with van der Waals surface area (Å²) in [7, 11) is 0. The van der Waals surface area contributed by atoms with Gasteiger partial charge in [0.05, 0.1) is 0 Å². The summed E-state index contributed by atoms with van der Waals surface area (Å²) in [5.41, 5.74) is 13.5. The van der Waals surface area contributed by atoms with E-state index in [0.29, 0.717) is 0 Å². The zero-order valence-corrected chi connectivity index (χ0v) is 29.3. The number of hydrogen-bond donors (Lipinski definition) is 0. The van der Waals surface area contributed by atoms with Crippen molar-refractivity contribution in [3.8, 4) is 22.3 Å². The number of fused-ring (bicyclic) bond motifs is 5. The topological polar surface area (TPSA) is 13.1 Å². The summed E-state index contributed by atoms with van der Waals surface area (Å²) in [5, 5.41) is 6.22. The SMILES string of the molecule is CC1(c2ccccc2)C=CC(c2ccc3c(-c4ccccc4-c4ccccc4)c4ccccc4c(C4=CCCc5c4oc4ccccc54)c3c2)=CC1. The summed E-state index contributed by atoms with van der Waals surface area (Å²) in [6.07, 6.45) is 12.5. The maximum Gasteiger partial charge on any atom is 0.138 e. The fraction of sp³-hybridized carbons (Fsp3) is 0.0980.